The molecule has 0 saturated carbocycles. The number of benzene rings is 1. The Morgan fingerprint density at radius 1 is 1.30 bits per heavy atom. The van der Waals surface area contributed by atoms with Gasteiger partial charge in [-0.1, -0.05) is 0 Å². The molecule has 0 fully saturated rings. The van der Waals surface area contributed by atoms with Gasteiger partial charge < -0.3 is 9.84 Å². The van der Waals surface area contributed by atoms with Gasteiger partial charge in [0.25, 0.3) is 0 Å². The van der Waals surface area contributed by atoms with E-state index in [2.05, 4.69) is 5.10 Å². The van der Waals surface area contributed by atoms with Crippen molar-refractivity contribution in [1.82, 2.24) is 9.78 Å². The van der Waals surface area contributed by atoms with Gasteiger partial charge in [0.05, 0.1) is 12.8 Å². The van der Waals surface area contributed by atoms with Crippen LogP contribution in [0.15, 0.2) is 18.2 Å². The molecule has 0 atom stereocenters. The fraction of sp³-hybridized carbons (Fsp3) is 0.333. The van der Waals surface area contributed by atoms with Gasteiger partial charge in [0, 0.05) is 12.1 Å². The molecule has 1 aromatic carbocycles. The molecule has 1 aromatic heterocycles. The number of hydrogen-bond acceptors (Lipinski definition) is 3. The van der Waals surface area contributed by atoms with Crippen LogP contribution in [0.25, 0.3) is 11.3 Å². The summed E-state index contributed by atoms with van der Waals surface area (Å²) in [5, 5.41) is 13.5. The highest BCUT2D eigenvalue weighted by Gasteiger charge is 2.15. The maximum absolute atomic E-state index is 11.2. The monoisotopic (exact) mass is 274 g/mol. The zero-order valence-corrected chi connectivity index (χ0v) is 12.1. The van der Waals surface area contributed by atoms with Gasteiger partial charge in [-0.2, -0.15) is 5.10 Å². The average molecular weight is 274 g/mol. The Balaban J connectivity index is 2.55. The number of aromatic nitrogens is 2. The van der Waals surface area contributed by atoms with Crippen LogP contribution < -0.4 is 4.74 Å². The van der Waals surface area contributed by atoms with Crippen molar-refractivity contribution in [2.24, 2.45) is 0 Å². The van der Waals surface area contributed by atoms with E-state index in [1.807, 2.05) is 32.9 Å². The number of ether oxygens (including phenoxy) is 1. The van der Waals surface area contributed by atoms with Crippen molar-refractivity contribution < 1.29 is 14.6 Å². The van der Waals surface area contributed by atoms with Crippen molar-refractivity contribution >= 4 is 5.97 Å². The molecule has 0 saturated heterocycles. The van der Waals surface area contributed by atoms with Crippen molar-refractivity contribution in [1.29, 1.82) is 0 Å². The third-order valence-electron chi connectivity index (χ3n) is 3.26. The molecule has 0 spiro atoms. The SMILES string of the molecule is CCn1nc(-c2cc(C)c(OC)c(C)c2)cc1C(=O)O. The Morgan fingerprint density at radius 2 is 1.90 bits per heavy atom. The molecule has 2 rings (SSSR count). The lowest BCUT2D eigenvalue weighted by Gasteiger charge is -2.10. The minimum absolute atomic E-state index is 0.202. The molecule has 5 heteroatoms. The summed E-state index contributed by atoms with van der Waals surface area (Å²) < 4.78 is 6.83. The first-order valence-corrected chi connectivity index (χ1v) is 6.44. The van der Waals surface area contributed by atoms with E-state index in [-0.39, 0.29) is 5.69 Å². The standard InChI is InChI=1S/C15H18N2O3/c1-5-17-13(15(18)19)8-12(16-17)11-6-9(2)14(20-4)10(3)7-11/h6-8H,5H2,1-4H3,(H,18,19). The molecular formula is C15H18N2O3. The van der Waals surface area contributed by atoms with Crippen LogP contribution in [0, 0.1) is 13.8 Å². The highest BCUT2D eigenvalue weighted by atomic mass is 16.5. The molecule has 0 bridgehead atoms. The van der Waals surface area contributed by atoms with E-state index in [1.165, 1.54) is 4.68 Å². The predicted molar refractivity (Wildman–Crippen MR) is 76.3 cm³/mol. The summed E-state index contributed by atoms with van der Waals surface area (Å²) in [6, 6.07) is 5.52. The quantitative estimate of drug-likeness (QED) is 0.931. The lowest BCUT2D eigenvalue weighted by Crippen LogP contribution is -2.08. The molecule has 0 aliphatic carbocycles. The molecular weight excluding hydrogens is 256 g/mol. The van der Waals surface area contributed by atoms with E-state index in [9.17, 15) is 4.79 Å². The summed E-state index contributed by atoms with van der Waals surface area (Å²) in [4.78, 5) is 11.2. The van der Waals surface area contributed by atoms with Gasteiger partial charge in [-0.15, -0.1) is 0 Å². The fourth-order valence-electron chi connectivity index (χ4n) is 2.39. The maximum Gasteiger partial charge on any atom is 0.354 e. The van der Waals surface area contributed by atoms with Crippen LogP contribution in [0.2, 0.25) is 0 Å². The first-order valence-electron chi connectivity index (χ1n) is 6.44. The zero-order chi connectivity index (χ0) is 14.9. The van der Waals surface area contributed by atoms with Crippen LogP contribution >= 0.6 is 0 Å². The van der Waals surface area contributed by atoms with Gasteiger partial charge in [0.15, 0.2) is 0 Å². The number of hydrogen-bond donors (Lipinski definition) is 1. The smallest absolute Gasteiger partial charge is 0.354 e. The van der Waals surface area contributed by atoms with Gasteiger partial charge >= 0.3 is 5.97 Å². The van der Waals surface area contributed by atoms with Gasteiger partial charge in [-0.25, -0.2) is 4.79 Å². The highest BCUT2D eigenvalue weighted by Crippen LogP contribution is 2.29. The highest BCUT2D eigenvalue weighted by molar-refractivity contribution is 5.87. The van der Waals surface area contributed by atoms with Crippen LogP contribution in [0.1, 0.15) is 28.5 Å². The van der Waals surface area contributed by atoms with E-state index in [4.69, 9.17) is 9.84 Å². The van der Waals surface area contributed by atoms with E-state index in [0.717, 1.165) is 22.4 Å². The van der Waals surface area contributed by atoms with Crippen LogP contribution in [0.4, 0.5) is 0 Å². The number of methoxy groups -OCH3 is 1. The normalized spacial score (nSPS) is 10.6. The summed E-state index contributed by atoms with van der Waals surface area (Å²) in [5.74, 6) is -0.116. The van der Waals surface area contributed by atoms with Crippen molar-refractivity contribution in [3.05, 3.63) is 35.0 Å². The minimum Gasteiger partial charge on any atom is -0.496 e. The molecule has 1 heterocycles. The Morgan fingerprint density at radius 3 is 2.30 bits per heavy atom. The summed E-state index contributed by atoms with van der Waals surface area (Å²) >= 11 is 0. The van der Waals surface area contributed by atoms with Gasteiger partial charge in [-0.3, -0.25) is 4.68 Å². The topological polar surface area (TPSA) is 64.4 Å². The van der Waals surface area contributed by atoms with Crippen molar-refractivity contribution in [3.63, 3.8) is 0 Å². The number of carbonyl (C=O) groups is 1. The van der Waals surface area contributed by atoms with Gasteiger partial charge in [0.2, 0.25) is 0 Å². The summed E-state index contributed by atoms with van der Waals surface area (Å²) in [5.41, 5.74) is 3.78. The Hall–Kier alpha value is -2.30. The molecule has 0 amide bonds. The Labute approximate surface area is 117 Å². The Bertz CT molecular complexity index is 636. The van der Waals surface area contributed by atoms with Crippen molar-refractivity contribution in [2.75, 3.05) is 7.11 Å². The second kappa shape index (κ2) is 5.36. The summed E-state index contributed by atoms with van der Waals surface area (Å²) in [7, 11) is 1.64. The predicted octanol–water partition coefficient (Wildman–Crippen LogP) is 2.89. The molecule has 0 unspecified atom stereocenters. The number of aryl methyl sites for hydroxylation is 3. The number of aromatic carboxylic acids is 1. The minimum atomic E-state index is -0.965. The zero-order valence-electron chi connectivity index (χ0n) is 12.1. The second-order valence-electron chi connectivity index (χ2n) is 4.68. The molecule has 20 heavy (non-hydrogen) atoms. The van der Waals surface area contributed by atoms with Crippen LogP contribution in [0.5, 0.6) is 5.75 Å². The third-order valence-corrected chi connectivity index (χ3v) is 3.26. The van der Waals surface area contributed by atoms with Crippen molar-refractivity contribution in [2.45, 2.75) is 27.3 Å². The molecule has 5 nitrogen and oxygen atoms in total. The molecule has 1 N–H and O–H groups in total. The first kappa shape index (κ1) is 14.1. The van der Waals surface area contributed by atoms with Crippen LogP contribution in [0.3, 0.4) is 0 Å². The van der Waals surface area contributed by atoms with Crippen LogP contribution in [-0.2, 0) is 6.54 Å². The fourth-order valence-corrected chi connectivity index (χ4v) is 2.39. The molecule has 0 aliphatic rings. The summed E-state index contributed by atoms with van der Waals surface area (Å²) in [6.45, 7) is 6.32. The van der Waals surface area contributed by atoms with Gasteiger partial charge in [0.1, 0.15) is 11.4 Å². The lowest BCUT2D eigenvalue weighted by molar-refractivity contribution is 0.0683. The maximum atomic E-state index is 11.2. The van der Waals surface area contributed by atoms with Crippen molar-refractivity contribution in [3.8, 4) is 17.0 Å². The molecule has 0 aliphatic heterocycles. The first-order chi connectivity index (χ1) is 9.47. The third kappa shape index (κ3) is 2.39. The second-order valence-corrected chi connectivity index (χ2v) is 4.68. The average Bonchev–Trinajstić information content (AvgIpc) is 2.82. The molecule has 0 radical (unpaired) electrons. The molecule has 2 aromatic rings. The number of carboxylic acid groups (broad SMARTS) is 1. The number of rotatable bonds is 4. The van der Waals surface area contributed by atoms with E-state index in [1.54, 1.807) is 13.2 Å². The van der Waals surface area contributed by atoms with E-state index < -0.39 is 5.97 Å². The van der Waals surface area contributed by atoms with Crippen LogP contribution in [-0.4, -0.2) is 28.0 Å². The lowest BCUT2D eigenvalue weighted by atomic mass is 10.0. The number of carboxylic acids is 1. The largest absolute Gasteiger partial charge is 0.496 e. The summed E-state index contributed by atoms with van der Waals surface area (Å²) in [6.07, 6.45) is 0. The van der Waals surface area contributed by atoms with Gasteiger partial charge in [-0.05, 0) is 50.1 Å². The Kier molecular flexibility index (Phi) is 3.79. The van der Waals surface area contributed by atoms with E-state index in [0.29, 0.717) is 12.2 Å². The molecule has 106 valence electrons. The number of nitrogens with zero attached hydrogens (tertiary/aromatic N) is 2. The van der Waals surface area contributed by atoms with E-state index >= 15 is 0 Å².